The molecule has 0 aromatic heterocycles. The van der Waals surface area contributed by atoms with Gasteiger partial charge in [0.2, 0.25) is 11.8 Å². The van der Waals surface area contributed by atoms with Gasteiger partial charge in [-0.1, -0.05) is 41.4 Å². The van der Waals surface area contributed by atoms with Crippen molar-refractivity contribution in [3.8, 4) is 0 Å². The van der Waals surface area contributed by atoms with Crippen LogP contribution in [0.25, 0.3) is 0 Å². The van der Waals surface area contributed by atoms with Gasteiger partial charge < -0.3 is 10.6 Å². The van der Waals surface area contributed by atoms with Crippen LogP contribution >= 0.6 is 35.0 Å². The van der Waals surface area contributed by atoms with E-state index in [1.165, 1.54) is 17.8 Å². The Morgan fingerprint density at radius 1 is 1.21 bits per heavy atom. The summed E-state index contributed by atoms with van der Waals surface area (Å²) in [6, 6.07) is 11.0. The van der Waals surface area contributed by atoms with Crippen molar-refractivity contribution in [3.05, 3.63) is 63.9 Å². The summed E-state index contributed by atoms with van der Waals surface area (Å²) in [7, 11) is 0. The van der Waals surface area contributed by atoms with Gasteiger partial charge in [0.1, 0.15) is 11.3 Å². The molecule has 9 heteroatoms. The molecule has 3 N–H and O–H groups in total. The van der Waals surface area contributed by atoms with E-state index in [1.807, 2.05) is 0 Å². The van der Waals surface area contributed by atoms with Crippen LogP contribution in [0.15, 0.2) is 42.5 Å². The molecule has 2 aromatic carbocycles. The Bertz CT molecular complexity index is 884. The molecule has 1 aliphatic rings. The number of rotatable bonds is 6. The molecule has 1 heterocycles. The van der Waals surface area contributed by atoms with Crippen molar-refractivity contribution in [1.29, 1.82) is 0 Å². The first-order chi connectivity index (χ1) is 13.4. The summed E-state index contributed by atoms with van der Waals surface area (Å²) >= 11 is 13.2. The highest BCUT2D eigenvalue weighted by molar-refractivity contribution is 7.99. The fraction of sp³-hybridized carbons (Fsp3) is 0.263. The minimum atomic E-state index is -0.399. The van der Waals surface area contributed by atoms with Crippen LogP contribution in [0.4, 0.5) is 10.1 Å². The molecule has 0 saturated carbocycles. The Balaban J connectivity index is 1.53. The molecule has 3 rings (SSSR count). The molecule has 1 aliphatic heterocycles. The lowest BCUT2D eigenvalue weighted by Gasteiger charge is -2.31. The molecule has 148 valence electrons. The van der Waals surface area contributed by atoms with Gasteiger partial charge in [0, 0.05) is 30.3 Å². The van der Waals surface area contributed by atoms with Crippen molar-refractivity contribution in [2.75, 3.05) is 5.32 Å². The van der Waals surface area contributed by atoms with Crippen molar-refractivity contribution in [3.63, 3.8) is 0 Å². The first kappa shape index (κ1) is 20.9. The zero-order chi connectivity index (χ0) is 20.1. The number of amides is 2. The van der Waals surface area contributed by atoms with E-state index in [0.29, 0.717) is 27.0 Å². The van der Waals surface area contributed by atoms with Crippen molar-refractivity contribution >= 4 is 52.5 Å². The average Bonchev–Trinajstić information content (AvgIpc) is 2.63. The second-order valence-electron chi connectivity index (χ2n) is 6.30. The van der Waals surface area contributed by atoms with E-state index in [0.717, 1.165) is 0 Å². The Hall–Kier alpha value is -1.80. The molecule has 2 aromatic rings. The van der Waals surface area contributed by atoms with Gasteiger partial charge in [0.15, 0.2) is 0 Å². The van der Waals surface area contributed by atoms with Crippen LogP contribution in [0.5, 0.6) is 0 Å². The third kappa shape index (κ3) is 5.85. The number of carbonyl (C=O) groups is 2. The second kappa shape index (κ2) is 9.60. The third-order valence-corrected chi connectivity index (χ3v) is 5.91. The van der Waals surface area contributed by atoms with Crippen LogP contribution < -0.4 is 16.0 Å². The number of hydrogen-bond donors (Lipinski definition) is 3. The SMILES string of the molecule is O=C(CC1CC(=O)NC(SCc2ccccc2F)N1)Nc1ccc(Cl)c(Cl)c1. The summed E-state index contributed by atoms with van der Waals surface area (Å²) in [5, 5.41) is 9.50. The van der Waals surface area contributed by atoms with Crippen LogP contribution in [0.1, 0.15) is 18.4 Å². The monoisotopic (exact) mass is 441 g/mol. The van der Waals surface area contributed by atoms with Crippen molar-refractivity contribution < 1.29 is 14.0 Å². The summed E-state index contributed by atoms with van der Waals surface area (Å²) in [5.41, 5.74) is 0.691. The molecule has 28 heavy (non-hydrogen) atoms. The molecule has 0 aliphatic carbocycles. The van der Waals surface area contributed by atoms with E-state index >= 15 is 0 Å². The first-order valence-corrected chi connectivity index (χ1v) is 10.4. The number of halogens is 3. The molecule has 2 atom stereocenters. The lowest BCUT2D eigenvalue weighted by atomic mass is 10.1. The van der Waals surface area contributed by atoms with Crippen molar-refractivity contribution in [2.45, 2.75) is 30.1 Å². The van der Waals surface area contributed by atoms with Crippen molar-refractivity contribution in [2.24, 2.45) is 0 Å². The Morgan fingerprint density at radius 2 is 2.00 bits per heavy atom. The molecular formula is C19H18Cl2FN3O2S. The minimum absolute atomic E-state index is 0.115. The van der Waals surface area contributed by atoms with Crippen LogP contribution in [0.3, 0.4) is 0 Å². The fourth-order valence-corrected chi connectivity index (χ4v) is 4.14. The first-order valence-electron chi connectivity index (χ1n) is 8.56. The quantitative estimate of drug-likeness (QED) is 0.629. The maximum absolute atomic E-state index is 13.7. The molecule has 2 unspecified atom stereocenters. The van der Waals surface area contributed by atoms with Gasteiger partial charge in [-0.3, -0.25) is 14.9 Å². The van der Waals surface area contributed by atoms with E-state index in [-0.39, 0.29) is 36.5 Å². The summed E-state index contributed by atoms with van der Waals surface area (Å²) in [6.45, 7) is 0. The zero-order valence-electron chi connectivity index (χ0n) is 14.7. The standard InChI is InChI=1S/C19H18Cl2FN3O2S/c20-14-6-5-12(7-15(14)21)23-17(26)8-13-9-18(27)25-19(24-13)28-10-11-3-1-2-4-16(11)22/h1-7,13,19,24H,8-10H2,(H,23,26)(H,25,27). The Morgan fingerprint density at radius 3 is 2.75 bits per heavy atom. The number of nitrogens with one attached hydrogen (secondary N) is 3. The maximum atomic E-state index is 13.7. The number of anilines is 1. The number of benzene rings is 2. The van der Waals surface area contributed by atoms with Crippen LogP contribution in [-0.2, 0) is 15.3 Å². The predicted molar refractivity (Wildman–Crippen MR) is 111 cm³/mol. The van der Waals surface area contributed by atoms with Gasteiger partial charge in [-0.05, 0) is 29.8 Å². The summed E-state index contributed by atoms with van der Waals surface area (Å²) < 4.78 is 13.7. The molecule has 2 amide bonds. The van der Waals surface area contributed by atoms with Gasteiger partial charge >= 0.3 is 0 Å². The number of carbonyl (C=O) groups excluding carboxylic acids is 2. The highest BCUT2D eigenvalue weighted by Crippen LogP contribution is 2.25. The Labute approximate surface area is 176 Å². The smallest absolute Gasteiger partial charge is 0.225 e. The van der Waals surface area contributed by atoms with E-state index in [4.69, 9.17) is 23.2 Å². The van der Waals surface area contributed by atoms with E-state index in [9.17, 15) is 14.0 Å². The maximum Gasteiger partial charge on any atom is 0.225 e. The van der Waals surface area contributed by atoms with E-state index in [2.05, 4.69) is 16.0 Å². The number of thioether (sulfide) groups is 1. The van der Waals surface area contributed by atoms with Crippen molar-refractivity contribution in [1.82, 2.24) is 10.6 Å². The van der Waals surface area contributed by atoms with Crippen LogP contribution in [-0.4, -0.2) is 23.4 Å². The molecule has 5 nitrogen and oxygen atoms in total. The largest absolute Gasteiger partial charge is 0.332 e. The van der Waals surface area contributed by atoms with Gasteiger partial charge in [-0.2, -0.15) is 0 Å². The van der Waals surface area contributed by atoms with Crippen LogP contribution in [0.2, 0.25) is 10.0 Å². The third-order valence-electron chi connectivity index (χ3n) is 4.11. The van der Waals surface area contributed by atoms with Gasteiger partial charge in [0.05, 0.1) is 10.0 Å². The summed E-state index contributed by atoms with van der Waals surface area (Å²) in [6.07, 6.45) is 0.302. The molecule has 0 spiro atoms. The minimum Gasteiger partial charge on any atom is -0.332 e. The lowest BCUT2D eigenvalue weighted by molar-refractivity contribution is -0.124. The molecule has 1 saturated heterocycles. The van der Waals surface area contributed by atoms with E-state index < -0.39 is 5.50 Å². The van der Waals surface area contributed by atoms with Gasteiger partial charge in [-0.15, -0.1) is 11.8 Å². The lowest BCUT2D eigenvalue weighted by Crippen LogP contribution is -2.55. The average molecular weight is 442 g/mol. The predicted octanol–water partition coefficient (Wildman–Crippen LogP) is 4.16. The molecule has 0 radical (unpaired) electrons. The second-order valence-corrected chi connectivity index (χ2v) is 8.21. The van der Waals surface area contributed by atoms with E-state index in [1.54, 1.807) is 36.4 Å². The Kier molecular flexibility index (Phi) is 7.18. The highest BCUT2D eigenvalue weighted by Gasteiger charge is 2.27. The zero-order valence-corrected chi connectivity index (χ0v) is 17.0. The van der Waals surface area contributed by atoms with Gasteiger partial charge in [0.25, 0.3) is 0 Å². The highest BCUT2D eigenvalue weighted by atomic mass is 35.5. The normalized spacial score (nSPS) is 19.2. The molecule has 1 fully saturated rings. The topological polar surface area (TPSA) is 70.2 Å². The summed E-state index contributed by atoms with van der Waals surface area (Å²) in [5.74, 6) is -0.289. The van der Waals surface area contributed by atoms with Crippen LogP contribution in [0, 0.1) is 5.82 Å². The summed E-state index contributed by atoms with van der Waals surface area (Å²) in [4.78, 5) is 24.3. The van der Waals surface area contributed by atoms with Gasteiger partial charge in [-0.25, -0.2) is 4.39 Å². The molecular weight excluding hydrogens is 424 g/mol. The fourth-order valence-electron chi connectivity index (χ4n) is 2.76. The number of hydrogen-bond acceptors (Lipinski definition) is 4. The molecule has 0 bridgehead atoms.